The molecule has 0 unspecified atom stereocenters. The fourth-order valence-corrected chi connectivity index (χ4v) is 4.51. The Bertz CT molecular complexity index is 1080. The van der Waals surface area contributed by atoms with Crippen LogP contribution in [-0.4, -0.2) is 18.1 Å². The van der Waals surface area contributed by atoms with Gasteiger partial charge in [-0.15, -0.1) is 0 Å². The largest absolute Gasteiger partial charge is 0.367 e. The fraction of sp³-hybridized carbons (Fsp3) is 0.150. The summed E-state index contributed by atoms with van der Waals surface area (Å²) in [7, 11) is 0. The van der Waals surface area contributed by atoms with E-state index in [-0.39, 0.29) is 11.5 Å². The number of rotatable bonds is 5. The van der Waals surface area contributed by atoms with Gasteiger partial charge in [0.05, 0.1) is 11.4 Å². The number of hydrogen-bond donors (Lipinski definition) is 2. The van der Waals surface area contributed by atoms with Crippen LogP contribution in [0.5, 0.6) is 0 Å². The van der Waals surface area contributed by atoms with E-state index in [0.29, 0.717) is 35.9 Å². The van der Waals surface area contributed by atoms with Gasteiger partial charge in [0.2, 0.25) is 5.95 Å². The molecule has 3 N–H and O–H groups in total. The number of pyridine rings is 1. The maximum atomic E-state index is 15.5. The van der Waals surface area contributed by atoms with Crippen molar-refractivity contribution in [2.24, 2.45) is 5.73 Å². The SMILES string of the molecule is NCCCNc1nc(F)c(Cl)c(N2c3ccccc3Sc3ccc(Cl)cc32)c1F. The molecule has 0 aliphatic carbocycles. The predicted octanol–water partition coefficient (Wildman–Crippen LogP) is 6.36. The summed E-state index contributed by atoms with van der Waals surface area (Å²) in [6, 6.07) is 12.7. The van der Waals surface area contributed by atoms with E-state index in [9.17, 15) is 4.39 Å². The zero-order valence-electron chi connectivity index (χ0n) is 15.1. The number of anilines is 4. The molecule has 0 atom stereocenters. The van der Waals surface area contributed by atoms with Gasteiger partial charge in [-0.1, -0.05) is 47.1 Å². The molecule has 2 heterocycles. The highest BCUT2D eigenvalue weighted by molar-refractivity contribution is 7.99. The number of fused-ring (bicyclic) bond motifs is 2. The first-order chi connectivity index (χ1) is 14.0. The Morgan fingerprint density at radius 3 is 2.62 bits per heavy atom. The molecule has 3 aromatic rings. The number of halogens is 4. The summed E-state index contributed by atoms with van der Waals surface area (Å²) in [5.41, 5.74) is 6.64. The summed E-state index contributed by atoms with van der Waals surface area (Å²) in [5.74, 6) is -1.92. The van der Waals surface area contributed by atoms with Gasteiger partial charge in [0.1, 0.15) is 10.7 Å². The molecule has 150 valence electrons. The molecule has 0 amide bonds. The highest BCUT2D eigenvalue weighted by Crippen LogP contribution is 2.54. The van der Waals surface area contributed by atoms with Crippen molar-refractivity contribution in [3.05, 3.63) is 64.3 Å². The molecule has 1 aromatic heterocycles. The summed E-state index contributed by atoms with van der Waals surface area (Å²) < 4.78 is 30.1. The van der Waals surface area contributed by atoms with Crippen LogP contribution in [0.3, 0.4) is 0 Å². The van der Waals surface area contributed by atoms with Crippen LogP contribution in [0.25, 0.3) is 0 Å². The number of para-hydroxylation sites is 1. The van der Waals surface area contributed by atoms with Crippen LogP contribution in [0.1, 0.15) is 6.42 Å². The summed E-state index contributed by atoms with van der Waals surface area (Å²) in [6.07, 6.45) is 0.586. The monoisotopic (exact) mass is 452 g/mol. The van der Waals surface area contributed by atoms with E-state index in [1.807, 2.05) is 30.3 Å². The smallest absolute Gasteiger partial charge is 0.235 e. The Morgan fingerprint density at radius 2 is 1.83 bits per heavy atom. The lowest BCUT2D eigenvalue weighted by molar-refractivity contribution is 0.564. The Morgan fingerprint density at radius 1 is 1.07 bits per heavy atom. The van der Waals surface area contributed by atoms with Crippen molar-refractivity contribution in [1.29, 1.82) is 0 Å². The molecular weight excluding hydrogens is 437 g/mol. The van der Waals surface area contributed by atoms with Gasteiger partial charge in [-0.05, 0) is 43.3 Å². The van der Waals surface area contributed by atoms with Crippen LogP contribution in [0, 0.1) is 11.8 Å². The van der Waals surface area contributed by atoms with Crippen molar-refractivity contribution in [3.8, 4) is 0 Å². The third kappa shape index (κ3) is 3.75. The fourth-order valence-electron chi connectivity index (χ4n) is 3.09. The first-order valence-corrected chi connectivity index (χ1v) is 10.4. The highest BCUT2D eigenvalue weighted by atomic mass is 35.5. The Labute approximate surface area is 181 Å². The second kappa shape index (κ2) is 8.36. The molecule has 29 heavy (non-hydrogen) atoms. The number of aromatic nitrogens is 1. The van der Waals surface area contributed by atoms with Gasteiger partial charge >= 0.3 is 0 Å². The third-order valence-electron chi connectivity index (χ3n) is 4.40. The number of nitrogens with one attached hydrogen (secondary N) is 1. The summed E-state index contributed by atoms with van der Waals surface area (Å²) in [4.78, 5) is 6.96. The Hall–Kier alpha value is -2.06. The summed E-state index contributed by atoms with van der Waals surface area (Å²) in [6.45, 7) is 0.774. The van der Waals surface area contributed by atoms with Crippen molar-refractivity contribution in [3.63, 3.8) is 0 Å². The van der Waals surface area contributed by atoms with Gasteiger partial charge in [0.15, 0.2) is 11.6 Å². The lowest BCUT2D eigenvalue weighted by Gasteiger charge is -2.33. The van der Waals surface area contributed by atoms with E-state index in [0.717, 1.165) is 9.79 Å². The average Bonchev–Trinajstić information content (AvgIpc) is 2.71. The normalized spacial score (nSPS) is 12.5. The van der Waals surface area contributed by atoms with Gasteiger partial charge in [-0.25, -0.2) is 4.39 Å². The topological polar surface area (TPSA) is 54.2 Å². The second-order valence-corrected chi connectivity index (χ2v) is 8.21. The van der Waals surface area contributed by atoms with Crippen molar-refractivity contribution < 1.29 is 8.78 Å². The summed E-state index contributed by atoms with van der Waals surface area (Å²) >= 11 is 14.0. The summed E-state index contributed by atoms with van der Waals surface area (Å²) in [5, 5.41) is 2.87. The maximum Gasteiger partial charge on any atom is 0.235 e. The number of nitrogens with zero attached hydrogens (tertiary/aromatic N) is 2. The minimum Gasteiger partial charge on any atom is -0.367 e. The molecule has 4 nitrogen and oxygen atoms in total. The molecule has 2 aromatic carbocycles. The van der Waals surface area contributed by atoms with Gasteiger partial charge < -0.3 is 16.0 Å². The molecular formula is C20H16Cl2F2N4S. The van der Waals surface area contributed by atoms with Crippen molar-refractivity contribution >= 4 is 57.8 Å². The first kappa shape index (κ1) is 20.2. The molecule has 9 heteroatoms. The van der Waals surface area contributed by atoms with Crippen LogP contribution in [0.15, 0.2) is 52.3 Å². The van der Waals surface area contributed by atoms with E-state index in [2.05, 4.69) is 10.3 Å². The van der Waals surface area contributed by atoms with E-state index < -0.39 is 16.8 Å². The van der Waals surface area contributed by atoms with Gasteiger partial charge in [0, 0.05) is 21.4 Å². The van der Waals surface area contributed by atoms with E-state index in [4.69, 9.17) is 28.9 Å². The number of hydrogen-bond acceptors (Lipinski definition) is 5. The van der Waals surface area contributed by atoms with Crippen LogP contribution < -0.4 is 16.0 Å². The van der Waals surface area contributed by atoms with Crippen molar-refractivity contribution in [1.82, 2.24) is 4.98 Å². The minimum atomic E-state index is -0.961. The van der Waals surface area contributed by atoms with Gasteiger partial charge in [-0.2, -0.15) is 9.37 Å². The lowest BCUT2D eigenvalue weighted by Crippen LogP contribution is -2.19. The minimum absolute atomic E-state index is 0.120. The third-order valence-corrected chi connectivity index (χ3v) is 6.10. The molecule has 4 rings (SSSR count). The van der Waals surface area contributed by atoms with Crippen LogP contribution in [0.2, 0.25) is 10.0 Å². The lowest BCUT2D eigenvalue weighted by atomic mass is 10.2. The van der Waals surface area contributed by atoms with E-state index in [1.165, 1.54) is 11.8 Å². The first-order valence-electron chi connectivity index (χ1n) is 8.86. The highest BCUT2D eigenvalue weighted by Gasteiger charge is 2.31. The average molecular weight is 453 g/mol. The van der Waals surface area contributed by atoms with Crippen molar-refractivity contribution in [2.45, 2.75) is 16.2 Å². The van der Waals surface area contributed by atoms with Crippen molar-refractivity contribution in [2.75, 3.05) is 23.3 Å². The van der Waals surface area contributed by atoms with E-state index in [1.54, 1.807) is 17.0 Å². The molecule has 0 spiro atoms. The predicted molar refractivity (Wildman–Crippen MR) is 115 cm³/mol. The molecule has 0 bridgehead atoms. The molecule has 0 saturated carbocycles. The van der Waals surface area contributed by atoms with Gasteiger partial charge in [-0.3, -0.25) is 0 Å². The quantitative estimate of drug-likeness (QED) is 0.272. The van der Waals surface area contributed by atoms with Gasteiger partial charge in [0.25, 0.3) is 0 Å². The Balaban J connectivity index is 1.94. The molecule has 0 saturated heterocycles. The zero-order chi connectivity index (χ0) is 20.5. The molecule has 0 fully saturated rings. The Kier molecular flexibility index (Phi) is 5.83. The van der Waals surface area contributed by atoms with Crippen LogP contribution in [-0.2, 0) is 0 Å². The zero-order valence-corrected chi connectivity index (χ0v) is 17.4. The van der Waals surface area contributed by atoms with E-state index >= 15 is 4.39 Å². The standard InChI is InChI=1S/C20H16Cl2F2N4S/c21-11-6-7-15-13(10-11)28(12-4-1-2-5-14(12)29-15)18-16(22)19(24)27-20(17(18)23)26-9-3-8-25/h1-2,4-7,10H,3,8-9,25H2,(H,26,27). The maximum absolute atomic E-state index is 15.5. The second-order valence-electron chi connectivity index (χ2n) is 6.31. The van der Waals surface area contributed by atoms with Crippen LogP contribution >= 0.6 is 35.0 Å². The number of nitrogens with two attached hydrogens (primary N) is 1. The molecule has 1 aliphatic heterocycles. The molecule has 0 radical (unpaired) electrons. The number of benzene rings is 2. The molecule has 1 aliphatic rings. The van der Waals surface area contributed by atoms with Crippen LogP contribution in [0.4, 0.5) is 31.7 Å².